The number of guanidine groups is 1. The molecule has 13 N–H and O–H groups in total. The molecule has 14 heteroatoms. The highest BCUT2D eigenvalue weighted by molar-refractivity contribution is 5.95. The number of H-pyrrole nitrogens is 1. The number of rotatable bonds is 19. The molecule has 0 saturated carbocycles. The Morgan fingerprint density at radius 2 is 1.43 bits per heavy atom. The van der Waals surface area contributed by atoms with E-state index in [9.17, 15) is 24.3 Å². The number of aromatic amines is 1. The van der Waals surface area contributed by atoms with E-state index < -0.39 is 47.9 Å². The van der Waals surface area contributed by atoms with E-state index in [0.29, 0.717) is 37.8 Å². The van der Waals surface area contributed by atoms with Crippen molar-refractivity contribution in [2.45, 2.75) is 69.1 Å². The minimum Gasteiger partial charge on any atom is -0.480 e. The van der Waals surface area contributed by atoms with Gasteiger partial charge in [0.1, 0.15) is 18.1 Å². The summed E-state index contributed by atoms with van der Waals surface area (Å²) >= 11 is 0. The van der Waals surface area contributed by atoms with Gasteiger partial charge in [0.05, 0.1) is 6.04 Å². The maximum atomic E-state index is 13.8. The van der Waals surface area contributed by atoms with Gasteiger partial charge in [-0.3, -0.25) is 19.4 Å². The summed E-state index contributed by atoms with van der Waals surface area (Å²) in [6.45, 7) is 0.655. The van der Waals surface area contributed by atoms with E-state index in [4.69, 9.17) is 22.9 Å². The second-order valence-corrected chi connectivity index (χ2v) is 11.1. The zero-order valence-corrected chi connectivity index (χ0v) is 25.8. The lowest BCUT2D eigenvalue weighted by atomic mass is 10.0. The smallest absolute Gasteiger partial charge is 0.326 e. The van der Waals surface area contributed by atoms with Crippen molar-refractivity contribution in [1.29, 1.82) is 0 Å². The predicted octanol–water partition coefficient (Wildman–Crippen LogP) is 0.00200. The van der Waals surface area contributed by atoms with Gasteiger partial charge in [0.15, 0.2) is 5.96 Å². The molecule has 0 aliphatic heterocycles. The van der Waals surface area contributed by atoms with Gasteiger partial charge in [-0.1, -0.05) is 55.0 Å². The molecule has 4 atom stereocenters. The zero-order chi connectivity index (χ0) is 33.5. The number of aromatic nitrogens is 1. The van der Waals surface area contributed by atoms with Gasteiger partial charge in [0.2, 0.25) is 17.7 Å². The second-order valence-electron chi connectivity index (χ2n) is 11.1. The van der Waals surface area contributed by atoms with E-state index in [-0.39, 0.29) is 31.8 Å². The Hall–Kier alpha value is -4.95. The standard InChI is InChI=1S/C32H45N9O5/c33-15-7-6-12-23(34)28(42)40-26(18-21-19-38-24-13-5-4-11-22(21)24)30(44)39-25(14-8-16-37-32(35)36)29(43)41-27(31(45)46)17-20-9-2-1-3-10-20/h1-5,9-11,13,19,23,25-27,38H,6-8,12,14-18,33-34H2,(H,39,44)(H,40,42)(H,41,43)(H,45,46)(H4,35,36,37). The number of aliphatic imine (C=N–C) groups is 1. The number of amides is 3. The number of nitrogens with one attached hydrogen (secondary N) is 4. The van der Waals surface area contributed by atoms with Crippen molar-refractivity contribution in [3.8, 4) is 0 Å². The number of nitrogens with two attached hydrogens (primary N) is 4. The molecule has 2 aromatic carbocycles. The first-order chi connectivity index (χ1) is 22.1. The summed E-state index contributed by atoms with van der Waals surface area (Å²) in [6, 6.07) is 12.0. The third-order valence-electron chi connectivity index (χ3n) is 7.51. The summed E-state index contributed by atoms with van der Waals surface area (Å²) in [4.78, 5) is 59.6. The zero-order valence-electron chi connectivity index (χ0n) is 25.8. The highest BCUT2D eigenvalue weighted by atomic mass is 16.4. The minimum absolute atomic E-state index is 0.0396. The molecule has 0 fully saturated rings. The molecule has 4 unspecified atom stereocenters. The van der Waals surface area contributed by atoms with Crippen molar-refractivity contribution in [3.63, 3.8) is 0 Å². The maximum Gasteiger partial charge on any atom is 0.326 e. The fraction of sp³-hybridized carbons (Fsp3) is 0.406. The number of carbonyl (C=O) groups is 4. The highest BCUT2D eigenvalue weighted by Gasteiger charge is 2.31. The van der Waals surface area contributed by atoms with Crippen molar-refractivity contribution in [1.82, 2.24) is 20.9 Å². The molecule has 46 heavy (non-hydrogen) atoms. The average molecular weight is 636 g/mol. The predicted molar refractivity (Wildman–Crippen MR) is 176 cm³/mol. The Kier molecular flexibility index (Phi) is 14.0. The van der Waals surface area contributed by atoms with E-state index >= 15 is 0 Å². The lowest BCUT2D eigenvalue weighted by molar-refractivity contribution is -0.142. The monoisotopic (exact) mass is 635 g/mol. The first-order valence-corrected chi connectivity index (χ1v) is 15.3. The van der Waals surface area contributed by atoms with Gasteiger partial charge in [-0.25, -0.2) is 4.79 Å². The van der Waals surface area contributed by atoms with Gasteiger partial charge in [0.25, 0.3) is 0 Å². The molecule has 0 radical (unpaired) electrons. The summed E-state index contributed by atoms with van der Waals surface area (Å²) in [5.41, 5.74) is 24.9. The van der Waals surface area contributed by atoms with Crippen LogP contribution in [0.2, 0.25) is 0 Å². The number of nitrogens with zero attached hydrogens (tertiary/aromatic N) is 1. The Bertz CT molecular complexity index is 1470. The van der Waals surface area contributed by atoms with E-state index in [0.717, 1.165) is 16.5 Å². The number of carboxylic acids is 1. The van der Waals surface area contributed by atoms with Crippen LogP contribution in [0.5, 0.6) is 0 Å². The number of hydrogen-bond donors (Lipinski definition) is 9. The Labute approximate surface area is 267 Å². The molecule has 14 nitrogen and oxygen atoms in total. The fourth-order valence-corrected chi connectivity index (χ4v) is 5.02. The van der Waals surface area contributed by atoms with E-state index in [1.165, 1.54) is 0 Å². The Balaban J connectivity index is 1.83. The topological polar surface area (TPSA) is 257 Å². The molecule has 0 aliphatic rings. The maximum absolute atomic E-state index is 13.8. The fourth-order valence-electron chi connectivity index (χ4n) is 5.02. The SMILES string of the molecule is NCCCCC(N)C(=O)NC(Cc1c[nH]c2ccccc12)C(=O)NC(CCCN=C(N)N)C(=O)NC(Cc1ccccc1)C(=O)O. The number of para-hydroxylation sites is 1. The molecule has 3 rings (SSSR count). The van der Waals surface area contributed by atoms with Gasteiger partial charge in [-0.05, 0) is 49.4 Å². The van der Waals surface area contributed by atoms with Crippen LogP contribution in [0.25, 0.3) is 10.9 Å². The molecular formula is C32H45N9O5. The number of aliphatic carboxylic acids is 1. The number of carboxylic acid groups (broad SMARTS) is 1. The van der Waals surface area contributed by atoms with Crippen molar-refractivity contribution in [3.05, 3.63) is 71.9 Å². The van der Waals surface area contributed by atoms with E-state index in [1.807, 2.05) is 24.3 Å². The number of fused-ring (bicyclic) bond motifs is 1. The molecule has 0 spiro atoms. The van der Waals surface area contributed by atoms with Gasteiger partial charge in [0, 0.05) is 36.5 Å². The summed E-state index contributed by atoms with van der Waals surface area (Å²) in [5, 5.41) is 18.8. The van der Waals surface area contributed by atoms with Crippen LogP contribution in [0.3, 0.4) is 0 Å². The molecule has 3 amide bonds. The lowest BCUT2D eigenvalue weighted by Crippen LogP contribution is -2.57. The molecule has 3 aromatic rings. The number of carbonyl (C=O) groups excluding carboxylic acids is 3. The van der Waals surface area contributed by atoms with Crippen LogP contribution in [-0.2, 0) is 32.0 Å². The third-order valence-corrected chi connectivity index (χ3v) is 7.51. The molecule has 1 aromatic heterocycles. The summed E-state index contributed by atoms with van der Waals surface area (Å²) in [7, 11) is 0. The van der Waals surface area contributed by atoms with Gasteiger partial charge in [-0.15, -0.1) is 0 Å². The van der Waals surface area contributed by atoms with Gasteiger partial charge >= 0.3 is 5.97 Å². The van der Waals surface area contributed by atoms with Crippen LogP contribution >= 0.6 is 0 Å². The van der Waals surface area contributed by atoms with Crippen LogP contribution < -0.4 is 38.9 Å². The molecule has 0 aliphatic carbocycles. The van der Waals surface area contributed by atoms with Crippen LogP contribution in [0.15, 0.2) is 65.8 Å². The lowest BCUT2D eigenvalue weighted by Gasteiger charge is -2.25. The highest BCUT2D eigenvalue weighted by Crippen LogP contribution is 2.19. The second kappa shape index (κ2) is 18.1. The third kappa shape index (κ3) is 11.2. The quantitative estimate of drug-likeness (QED) is 0.0487. The van der Waals surface area contributed by atoms with E-state index in [1.54, 1.807) is 36.5 Å². The number of unbranched alkanes of at least 4 members (excludes halogenated alkanes) is 1. The first-order valence-electron chi connectivity index (χ1n) is 15.3. The van der Waals surface area contributed by atoms with Gasteiger partial charge < -0.3 is 49.0 Å². The van der Waals surface area contributed by atoms with Crippen molar-refractivity contribution in [2.75, 3.05) is 13.1 Å². The molecule has 248 valence electrons. The van der Waals surface area contributed by atoms with Crippen LogP contribution in [0.1, 0.15) is 43.2 Å². The summed E-state index contributed by atoms with van der Waals surface area (Å²) < 4.78 is 0. The largest absolute Gasteiger partial charge is 0.480 e. The number of hydrogen-bond acceptors (Lipinski definition) is 7. The van der Waals surface area contributed by atoms with Crippen molar-refractivity contribution >= 4 is 40.6 Å². The molecule has 1 heterocycles. The average Bonchev–Trinajstić information content (AvgIpc) is 3.44. The first kappa shape index (κ1) is 35.5. The van der Waals surface area contributed by atoms with Crippen LogP contribution in [0.4, 0.5) is 0 Å². The van der Waals surface area contributed by atoms with Crippen molar-refractivity contribution < 1.29 is 24.3 Å². The van der Waals surface area contributed by atoms with Crippen LogP contribution in [-0.4, -0.2) is 77.0 Å². The minimum atomic E-state index is -1.25. The Morgan fingerprint density at radius 3 is 2.13 bits per heavy atom. The summed E-state index contributed by atoms with van der Waals surface area (Å²) in [5.74, 6) is -3.19. The molecular weight excluding hydrogens is 590 g/mol. The van der Waals surface area contributed by atoms with Crippen LogP contribution in [0, 0.1) is 0 Å². The molecule has 0 bridgehead atoms. The Morgan fingerprint density at radius 1 is 0.783 bits per heavy atom. The van der Waals surface area contributed by atoms with E-state index in [2.05, 4.69) is 25.9 Å². The van der Waals surface area contributed by atoms with Gasteiger partial charge in [-0.2, -0.15) is 0 Å². The normalized spacial score (nSPS) is 13.6. The molecule has 0 saturated heterocycles. The number of benzene rings is 2. The van der Waals surface area contributed by atoms with Crippen molar-refractivity contribution in [2.24, 2.45) is 27.9 Å². The summed E-state index contributed by atoms with van der Waals surface area (Å²) in [6.07, 6.45) is 4.05.